The lowest BCUT2D eigenvalue weighted by Crippen LogP contribution is -2.30. The molecule has 0 spiro atoms. The largest absolute Gasteiger partial charge is 0.240 e. The van der Waals surface area contributed by atoms with E-state index in [0.29, 0.717) is 5.56 Å². The molecule has 84 valence electrons. The lowest BCUT2D eigenvalue weighted by atomic mass is 10.2. The summed E-state index contributed by atoms with van der Waals surface area (Å²) in [5, 5.41) is 0. The van der Waals surface area contributed by atoms with Crippen LogP contribution < -0.4 is 4.72 Å². The van der Waals surface area contributed by atoms with Gasteiger partial charge >= 0.3 is 0 Å². The number of hydrogen-bond donors (Lipinski definition) is 1. The molecule has 0 bridgehead atoms. The van der Waals surface area contributed by atoms with E-state index in [0.717, 1.165) is 6.07 Å². The molecular formula is C10H14FNO2S. The second kappa shape index (κ2) is 4.28. The maximum absolute atomic E-state index is 13.2. The van der Waals surface area contributed by atoms with Crippen molar-refractivity contribution in [3.63, 3.8) is 0 Å². The van der Waals surface area contributed by atoms with Gasteiger partial charge in [-0.3, -0.25) is 0 Å². The normalized spacial score (nSPS) is 12.1. The first-order chi connectivity index (χ1) is 6.83. The van der Waals surface area contributed by atoms with Gasteiger partial charge in [-0.05, 0) is 38.5 Å². The van der Waals surface area contributed by atoms with E-state index in [1.54, 1.807) is 20.8 Å². The van der Waals surface area contributed by atoms with Crippen LogP contribution in [0.25, 0.3) is 0 Å². The van der Waals surface area contributed by atoms with E-state index in [-0.39, 0.29) is 10.9 Å². The van der Waals surface area contributed by atoms with E-state index in [1.807, 2.05) is 0 Å². The average molecular weight is 231 g/mol. The Hall–Kier alpha value is -0.940. The smallest absolute Gasteiger partial charge is 0.209 e. The fourth-order valence-electron chi connectivity index (χ4n) is 1.12. The van der Waals surface area contributed by atoms with Crippen LogP contribution in [0.2, 0.25) is 0 Å². The van der Waals surface area contributed by atoms with Crippen LogP contribution in [-0.4, -0.2) is 14.5 Å². The van der Waals surface area contributed by atoms with Gasteiger partial charge in [0.15, 0.2) is 0 Å². The first-order valence-electron chi connectivity index (χ1n) is 4.61. The number of rotatable bonds is 3. The van der Waals surface area contributed by atoms with Crippen LogP contribution in [0.4, 0.5) is 4.39 Å². The third-order valence-corrected chi connectivity index (χ3v) is 3.50. The zero-order valence-corrected chi connectivity index (χ0v) is 9.73. The summed E-state index contributed by atoms with van der Waals surface area (Å²) in [5.74, 6) is -0.512. The minimum absolute atomic E-state index is 0.0423. The molecule has 0 heterocycles. The highest BCUT2D eigenvalue weighted by molar-refractivity contribution is 7.89. The van der Waals surface area contributed by atoms with Crippen LogP contribution >= 0.6 is 0 Å². The molecule has 0 aliphatic carbocycles. The van der Waals surface area contributed by atoms with Crippen molar-refractivity contribution in [2.75, 3.05) is 0 Å². The van der Waals surface area contributed by atoms with Crippen molar-refractivity contribution >= 4 is 10.0 Å². The second-order valence-electron chi connectivity index (χ2n) is 3.69. The lowest BCUT2D eigenvalue weighted by molar-refractivity contribution is 0.566. The van der Waals surface area contributed by atoms with Gasteiger partial charge in [0.2, 0.25) is 10.0 Å². The number of aryl methyl sites for hydroxylation is 1. The Morgan fingerprint density at radius 1 is 1.33 bits per heavy atom. The average Bonchev–Trinajstić information content (AvgIpc) is 2.07. The van der Waals surface area contributed by atoms with Gasteiger partial charge in [-0.25, -0.2) is 17.5 Å². The summed E-state index contributed by atoms with van der Waals surface area (Å²) in [6, 6.07) is 3.66. The summed E-state index contributed by atoms with van der Waals surface area (Å²) in [4.78, 5) is -0.0423. The third-order valence-electron chi connectivity index (χ3n) is 1.84. The fourth-order valence-corrected chi connectivity index (χ4v) is 2.38. The standard InChI is InChI=1S/C10H14FNO2S/c1-7(2)12-15(13,14)9-5-4-8(3)10(11)6-9/h4-7,12H,1-3H3. The number of halogens is 1. The Labute approximate surface area is 89.4 Å². The third kappa shape index (κ3) is 3.00. The molecule has 1 aromatic carbocycles. The highest BCUT2D eigenvalue weighted by Crippen LogP contribution is 2.14. The zero-order valence-electron chi connectivity index (χ0n) is 8.91. The van der Waals surface area contributed by atoms with Crippen LogP contribution in [-0.2, 0) is 10.0 Å². The summed E-state index contributed by atoms with van der Waals surface area (Å²) < 4.78 is 38.8. The van der Waals surface area contributed by atoms with E-state index in [9.17, 15) is 12.8 Å². The van der Waals surface area contributed by atoms with Gasteiger partial charge in [0.25, 0.3) is 0 Å². The zero-order chi connectivity index (χ0) is 11.6. The van der Waals surface area contributed by atoms with Crippen molar-refractivity contribution in [2.45, 2.75) is 31.7 Å². The predicted molar refractivity (Wildman–Crippen MR) is 56.6 cm³/mol. The Kier molecular flexibility index (Phi) is 3.46. The van der Waals surface area contributed by atoms with Crippen molar-refractivity contribution in [3.8, 4) is 0 Å². The maximum Gasteiger partial charge on any atom is 0.240 e. The van der Waals surface area contributed by atoms with Gasteiger partial charge < -0.3 is 0 Å². The molecule has 0 amide bonds. The van der Waals surface area contributed by atoms with E-state index < -0.39 is 15.8 Å². The fraction of sp³-hybridized carbons (Fsp3) is 0.400. The van der Waals surface area contributed by atoms with Crippen molar-refractivity contribution in [1.29, 1.82) is 0 Å². The molecule has 0 aromatic heterocycles. The van der Waals surface area contributed by atoms with E-state index in [4.69, 9.17) is 0 Å². The van der Waals surface area contributed by atoms with Crippen molar-refractivity contribution < 1.29 is 12.8 Å². The molecule has 0 fully saturated rings. The highest BCUT2D eigenvalue weighted by atomic mass is 32.2. The molecule has 0 saturated carbocycles. The Bertz CT molecular complexity index is 454. The van der Waals surface area contributed by atoms with Crippen LogP contribution in [0, 0.1) is 12.7 Å². The summed E-state index contributed by atoms with van der Waals surface area (Å²) in [7, 11) is -3.59. The Balaban J connectivity index is 3.11. The SMILES string of the molecule is Cc1ccc(S(=O)(=O)NC(C)C)cc1F. The number of sulfonamides is 1. The molecular weight excluding hydrogens is 217 g/mol. The van der Waals surface area contributed by atoms with Crippen LogP contribution in [0.15, 0.2) is 23.1 Å². The number of nitrogens with one attached hydrogen (secondary N) is 1. The van der Waals surface area contributed by atoms with Crippen molar-refractivity contribution in [3.05, 3.63) is 29.6 Å². The van der Waals surface area contributed by atoms with Gasteiger partial charge in [-0.15, -0.1) is 0 Å². The minimum atomic E-state index is -3.59. The molecule has 5 heteroatoms. The Morgan fingerprint density at radius 3 is 2.40 bits per heavy atom. The van der Waals surface area contributed by atoms with Crippen molar-refractivity contribution in [2.24, 2.45) is 0 Å². The molecule has 0 aliphatic rings. The van der Waals surface area contributed by atoms with Gasteiger partial charge in [0.1, 0.15) is 5.82 Å². The van der Waals surface area contributed by atoms with Crippen LogP contribution in [0.1, 0.15) is 19.4 Å². The Morgan fingerprint density at radius 2 is 1.93 bits per heavy atom. The van der Waals surface area contributed by atoms with E-state index in [2.05, 4.69) is 4.72 Å². The maximum atomic E-state index is 13.2. The first kappa shape index (κ1) is 12.1. The molecule has 0 atom stereocenters. The van der Waals surface area contributed by atoms with Gasteiger partial charge in [0.05, 0.1) is 4.90 Å². The summed E-state index contributed by atoms with van der Waals surface area (Å²) in [5.41, 5.74) is 0.429. The molecule has 1 N–H and O–H groups in total. The quantitative estimate of drug-likeness (QED) is 0.862. The van der Waals surface area contributed by atoms with E-state index in [1.165, 1.54) is 12.1 Å². The van der Waals surface area contributed by atoms with Gasteiger partial charge in [0, 0.05) is 6.04 Å². The summed E-state index contributed by atoms with van der Waals surface area (Å²) >= 11 is 0. The predicted octanol–water partition coefficient (Wildman–Crippen LogP) is 1.82. The molecule has 3 nitrogen and oxygen atoms in total. The van der Waals surface area contributed by atoms with Gasteiger partial charge in [-0.1, -0.05) is 6.07 Å². The summed E-state index contributed by atoms with van der Waals surface area (Å²) in [6.07, 6.45) is 0. The molecule has 1 aromatic rings. The van der Waals surface area contributed by atoms with E-state index >= 15 is 0 Å². The molecule has 1 rings (SSSR count). The molecule has 0 radical (unpaired) electrons. The van der Waals surface area contributed by atoms with Crippen LogP contribution in [0.5, 0.6) is 0 Å². The molecule has 0 aliphatic heterocycles. The number of hydrogen-bond acceptors (Lipinski definition) is 2. The summed E-state index contributed by atoms with van der Waals surface area (Å²) in [6.45, 7) is 5.01. The molecule has 0 unspecified atom stereocenters. The van der Waals surface area contributed by atoms with Crippen molar-refractivity contribution in [1.82, 2.24) is 4.72 Å². The molecule has 0 saturated heterocycles. The van der Waals surface area contributed by atoms with Crippen LogP contribution in [0.3, 0.4) is 0 Å². The number of benzene rings is 1. The monoisotopic (exact) mass is 231 g/mol. The second-order valence-corrected chi connectivity index (χ2v) is 5.40. The first-order valence-corrected chi connectivity index (χ1v) is 6.10. The van der Waals surface area contributed by atoms with Gasteiger partial charge in [-0.2, -0.15) is 0 Å². The lowest BCUT2D eigenvalue weighted by Gasteiger charge is -2.09. The highest BCUT2D eigenvalue weighted by Gasteiger charge is 2.16. The minimum Gasteiger partial charge on any atom is -0.209 e. The topological polar surface area (TPSA) is 46.2 Å². The molecule has 15 heavy (non-hydrogen) atoms.